The zero-order chi connectivity index (χ0) is 14.3. The molecule has 0 radical (unpaired) electrons. The summed E-state index contributed by atoms with van der Waals surface area (Å²) in [7, 11) is 0. The maximum atomic E-state index is 2.27. The van der Waals surface area contributed by atoms with Crippen LogP contribution in [0.15, 0.2) is 71.0 Å². The molecule has 0 amide bonds. The molecule has 3 rings (SSSR count). The van der Waals surface area contributed by atoms with Crippen molar-refractivity contribution in [1.82, 2.24) is 0 Å². The van der Waals surface area contributed by atoms with Gasteiger partial charge >= 0.3 is 0 Å². The molecule has 0 bridgehead atoms. The maximum Gasteiger partial charge on any atom is 0.0479 e. The summed E-state index contributed by atoms with van der Waals surface area (Å²) in [5.74, 6) is 2.47. The van der Waals surface area contributed by atoms with E-state index in [2.05, 4.69) is 72.8 Å². The Labute approximate surface area is 135 Å². The first-order valence-corrected chi connectivity index (χ1v) is 9.19. The van der Waals surface area contributed by atoms with Crippen LogP contribution in [-0.4, -0.2) is 11.5 Å². The van der Waals surface area contributed by atoms with E-state index in [0.29, 0.717) is 0 Å². The lowest BCUT2D eigenvalue weighted by Gasteiger charge is -2.16. The number of rotatable bonds is 3. The molecule has 1 aliphatic heterocycles. The lowest BCUT2D eigenvalue weighted by atomic mass is 10.1. The summed E-state index contributed by atoms with van der Waals surface area (Å²) in [6, 6.07) is 21.2. The first-order valence-electron chi connectivity index (χ1n) is 7.22. The van der Waals surface area contributed by atoms with Crippen molar-refractivity contribution in [2.45, 2.75) is 6.42 Å². The van der Waals surface area contributed by atoms with E-state index in [1.54, 1.807) is 0 Å². The predicted molar refractivity (Wildman–Crippen MR) is 98.4 cm³/mol. The van der Waals surface area contributed by atoms with Crippen LogP contribution in [0.5, 0.6) is 0 Å². The van der Waals surface area contributed by atoms with Crippen LogP contribution in [0.1, 0.15) is 17.5 Å². The highest BCUT2D eigenvalue weighted by atomic mass is 32.2. The molecule has 106 valence electrons. The highest BCUT2D eigenvalue weighted by Crippen LogP contribution is 2.40. The highest BCUT2D eigenvalue weighted by Gasteiger charge is 2.12. The summed E-state index contributed by atoms with van der Waals surface area (Å²) in [6.45, 7) is 0. The van der Waals surface area contributed by atoms with Crippen LogP contribution in [0.2, 0.25) is 0 Å². The predicted octanol–water partition coefficient (Wildman–Crippen LogP) is 5.94. The molecule has 0 spiro atoms. The SMILES string of the molecule is C(=C\c1ccccc1)/C(=C1SCCCS1)c1ccccc1. The second-order valence-corrected chi connectivity index (χ2v) is 7.33. The van der Waals surface area contributed by atoms with Crippen molar-refractivity contribution >= 4 is 35.2 Å². The minimum absolute atomic E-state index is 1.23. The smallest absolute Gasteiger partial charge is 0.0479 e. The average molecular weight is 310 g/mol. The number of thioether (sulfide) groups is 2. The van der Waals surface area contributed by atoms with Gasteiger partial charge in [0.05, 0.1) is 0 Å². The van der Waals surface area contributed by atoms with Crippen LogP contribution in [0.25, 0.3) is 11.6 Å². The molecule has 0 nitrogen and oxygen atoms in total. The third kappa shape index (κ3) is 4.05. The molecule has 2 heteroatoms. The maximum absolute atomic E-state index is 2.27. The molecule has 0 saturated carbocycles. The van der Waals surface area contributed by atoms with Crippen LogP contribution < -0.4 is 0 Å². The van der Waals surface area contributed by atoms with Gasteiger partial charge in [0.2, 0.25) is 0 Å². The number of hydrogen-bond acceptors (Lipinski definition) is 2. The Kier molecular flexibility index (Phi) is 5.25. The monoisotopic (exact) mass is 310 g/mol. The standard InChI is InChI=1S/C19H18S2/c1-3-8-16(9-4-1)12-13-18(17-10-5-2-6-11-17)19-20-14-7-15-21-19/h1-6,8-13H,7,14-15H2/b13-12+. The van der Waals surface area contributed by atoms with Gasteiger partial charge in [0.1, 0.15) is 0 Å². The summed E-state index contributed by atoms with van der Waals surface area (Å²) in [4.78, 5) is 0. The van der Waals surface area contributed by atoms with E-state index in [4.69, 9.17) is 0 Å². The van der Waals surface area contributed by atoms with Crippen molar-refractivity contribution in [3.63, 3.8) is 0 Å². The van der Waals surface area contributed by atoms with E-state index in [0.717, 1.165) is 0 Å². The van der Waals surface area contributed by atoms with Gasteiger partial charge in [-0.2, -0.15) is 0 Å². The summed E-state index contributed by atoms with van der Waals surface area (Å²) >= 11 is 3.99. The molecule has 0 atom stereocenters. The van der Waals surface area contributed by atoms with E-state index in [-0.39, 0.29) is 0 Å². The first-order chi connectivity index (χ1) is 10.4. The molecule has 0 N–H and O–H groups in total. The molecule has 1 saturated heterocycles. The van der Waals surface area contributed by atoms with Gasteiger partial charge < -0.3 is 0 Å². The Hall–Kier alpha value is -1.38. The van der Waals surface area contributed by atoms with Gasteiger partial charge in [-0.15, -0.1) is 23.5 Å². The quantitative estimate of drug-likeness (QED) is 0.688. The van der Waals surface area contributed by atoms with Gasteiger partial charge in [-0.3, -0.25) is 0 Å². The highest BCUT2D eigenvalue weighted by molar-refractivity contribution is 8.23. The summed E-state index contributed by atoms with van der Waals surface area (Å²) < 4.78 is 1.46. The van der Waals surface area contributed by atoms with Gasteiger partial charge in [0, 0.05) is 9.81 Å². The van der Waals surface area contributed by atoms with Gasteiger partial charge in [-0.25, -0.2) is 0 Å². The number of allylic oxidation sites excluding steroid dienone is 2. The molecule has 1 aliphatic rings. The fourth-order valence-corrected chi connectivity index (χ4v) is 4.88. The van der Waals surface area contributed by atoms with Crippen LogP contribution in [0.3, 0.4) is 0 Å². The molecule has 1 heterocycles. The van der Waals surface area contributed by atoms with E-state index in [9.17, 15) is 0 Å². The normalized spacial score (nSPS) is 15.3. The number of hydrogen-bond donors (Lipinski definition) is 0. The molecule has 1 fully saturated rings. The minimum atomic E-state index is 1.23. The fourth-order valence-electron chi connectivity index (χ4n) is 2.23. The van der Waals surface area contributed by atoms with Crippen molar-refractivity contribution in [3.8, 4) is 0 Å². The second kappa shape index (κ2) is 7.58. The molecule has 2 aromatic rings. The van der Waals surface area contributed by atoms with Crippen molar-refractivity contribution < 1.29 is 0 Å². The van der Waals surface area contributed by atoms with Gasteiger partial charge in [0.15, 0.2) is 0 Å². The molecule has 0 unspecified atom stereocenters. The Balaban J connectivity index is 1.95. The lowest BCUT2D eigenvalue weighted by molar-refractivity contribution is 1.12. The largest absolute Gasteiger partial charge is 0.119 e. The van der Waals surface area contributed by atoms with Crippen molar-refractivity contribution in [3.05, 3.63) is 82.1 Å². The molecule has 0 aliphatic carbocycles. The van der Waals surface area contributed by atoms with E-state index < -0.39 is 0 Å². The van der Waals surface area contributed by atoms with Gasteiger partial charge in [-0.05, 0) is 29.1 Å². The van der Waals surface area contributed by atoms with E-state index in [1.165, 1.54) is 38.9 Å². The summed E-state index contributed by atoms with van der Waals surface area (Å²) in [5, 5.41) is 0. The van der Waals surface area contributed by atoms with Crippen LogP contribution in [-0.2, 0) is 0 Å². The number of benzene rings is 2. The Morgan fingerprint density at radius 3 is 2.10 bits per heavy atom. The van der Waals surface area contributed by atoms with Crippen LogP contribution in [0, 0.1) is 0 Å². The van der Waals surface area contributed by atoms with Gasteiger partial charge in [0.25, 0.3) is 0 Å². The second-order valence-electron chi connectivity index (χ2n) is 4.86. The molecule has 21 heavy (non-hydrogen) atoms. The first kappa shape index (κ1) is 14.6. The van der Waals surface area contributed by atoms with Crippen LogP contribution in [0.4, 0.5) is 0 Å². The molecular formula is C19H18S2. The minimum Gasteiger partial charge on any atom is -0.119 e. The molecule has 0 aromatic heterocycles. The molecule has 2 aromatic carbocycles. The van der Waals surface area contributed by atoms with Crippen molar-refractivity contribution in [2.24, 2.45) is 0 Å². The van der Waals surface area contributed by atoms with Crippen molar-refractivity contribution in [1.29, 1.82) is 0 Å². The third-order valence-electron chi connectivity index (χ3n) is 3.30. The Bertz CT molecular complexity index is 619. The third-order valence-corrected chi connectivity index (χ3v) is 5.96. The Morgan fingerprint density at radius 2 is 1.43 bits per heavy atom. The van der Waals surface area contributed by atoms with Crippen LogP contribution >= 0.6 is 23.5 Å². The zero-order valence-corrected chi connectivity index (χ0v) is 13.5. The Morgan fingerprint density at radius 1 is 0.810 bits per heavy atom. The van der Waals surface area contributed by atoms with E-state index >= 15 is 0 Å². The summed E-state index contributed by atoms with van der Waals surface area (Å²) in [6.07, 6.45) is 5.79. The average Bonchev–Trinajstić information content (AvgIpc) is 2.58. The zero-order valence-electron chi connectivity index (χ0n) is 11.9. The topological polar surface area (TPSA) is 0 Å². The summed E-state index contributed by atoms with van der Waals surface area (Å²) in [5.41, 5.74) is 3.91. The van der Waals surface area contributed by atoms with E-state index in [1.807, 2.05) is 23.5 Å². The fraction of sp³-hybridized carbons (Fsp3) is 0.158. The lowest BCUT2D eigenvalue weighted by Crippen LogP contribution is -1.94. The van der Waals surface area contributed by atoms with Gasteiger partial charge in [-0.1, -0.05) is 72.8 Å². The van der Waals surface area contributed by atoms with Crippen molar-refractivity contribution in [2.75, 3.05) is 11.5 Å². The molecular weight excluding hydrogens is 292 g/mol.